The number of anilines is 1. The monoisotopic (exact) mass is 529 g/mol. The van der Waals surface area contributed by atoms with Gasteiger partial charge in [0.2, 0.25) is 0 Å². The Hall–Kier alpha value is -3.56. The molecule has 0 aliphatic carbocycles. The molecular formula is C25H22BrF2N3O3. The van der Waals surface area contributed by atoms with Crippen LogP contribution in [0.3, 0.4) is 0 Å². The Kier molecular flexibility index (Phi) is 8.50. The highest BCUT2D eigenvalue weighted by molar-refractivity contribution is 9.10. The van der Waals surface area contributed by atoms with Gasteiger partial charge in [-0.1, -0.05) is 51.8 Å². The average Bonchev–Trinajstić information content (AvgIpc) is 2.78. The molecule has 3 aromatic rings. The number of rotatable bonds is 7. The second-order valence-corrected chi connectivity index (χ2v) is 8.39. The van der Waals surface area contributed by atoms with E-state index in [0.717, 1.165) is 45.1 Å². The van der Waals surface area contributed by atoms with Gasteiger partial charge >= 0.3 is 6.03 Å². The van der Waals surface area contributed by atoms with Gasteiger partial charge in [0.25, 0.3) is 5.91 Å². The molecule has 0 aliphatic rings. The number of imide groups is 1. The van der Waals surface area contributed by atoms with Gasteiger partial charge in [-0.2, -0.15) is 0 Å². The third-order valence-electron chi connectivity index (χ3n) is 4.67. The fourth-order valence-electron chi connectivity index (χ4n) is 2.98. The number of hydrogen-bond donors (Lipinski definition) is 3. The first-order chi connectivity index (χ1) is 16.2. The van der Waals surface area contributed by atoms with E-state index in [-0.39, 0.29) is 6.61 Å². The number of hydrogen-bond acceptors (Lipinski definition) is 4. The molecule has 0 radical (unpaired) electrons. The fourth-order valence-corrected chi connectivity index (χ4v) is 3.25. The predicted octanol–water partition coefficient (Wildman–Crippen LogP) is 6.16. The summed E-state index contributed by atoms with van der Waals surface area (Å²) in [5.41, 5.74) is 6.27. The summed E-state index contributed by atoms with van der Waals surface area (Å²) in [6, 6.07) is 16.6. The van der Waals surface area contributed by atoms with Gasteiger partial charge in [-0.25, -0.2) is 13.6 Å². The maximum Gasteiger partial charge on any atom is 0.326 e. The van der Waals surface area contributed by atoms with Crippen molar-refractivity contribution >= 4 is 39.3 Å². The summed E-state index contributed by atoms with van der Waals surface area (Å²) in [5.74, 6) is -3.29. The van der Waals surface area contributed by atoms with Crippen LogP contribution in [-0.4, -0.2) is 11.9 Å². The third kappa shape index (κ3) is 6.72. The van der Waals surface area contributed by atoms with E-state index >= 15 is 0 Å². The number of carbonyl (C=O) groups is 2. The van der Waals surface area contributed by atoms with E-state index in [2.05, 4.69) is 26.7 Å². The number of carbonyl (C=O) groups excluding carboxylic acids is 2. The van der Waals surface area contributed by atoms with Crippen molar-refractivity contribution in [3.8, 4) is 0 Å². The third-order valence-corrected chi connectivity index (χ3v) is 5.20. The van der Waals surface area contributed by atoms with E-state index < -0.39 is 29.1 Å². The number of amides is 3. The molecule has 0 heterocycles. The van der Waals surface area contributed by atoms with Crippen molar-refractivity contribution < 1.29 is 23.2 Å². The number of hydroxylamine groups is 1. The molecule has 9 heteroatoms. The predicted molar refractivity (Wildman–Crippen MR) is 130 cm³/mol. The summed E-state index contributed by atoms with van der Waals surface area (Å²) < 4.78 is 28.3. The van der Waals surface area contributed by atoms with E-state index in [4.69, 9.17) is 4.84 Å². The molecule has 3 aromatic carbocycles. The Morgan fingerprint density at radius 3 is 2.12 bits per heavy atom. The van der Waals surface area contributed by atoms with E-state index in [1.165, 1.54) is 0 Å². The molecule has 0 spiro atoms. The number of benzene rings is 3. The van der Waals surface area contributed by atoms with Gasteiger partial charge in [0.15, 0.2) is 0 Å². The van der Waals surface area contributed by atoms with Crippen LogP contribution in [0, 0.1) is 11.6 Å². The van der Waals surface area contributed by atoms with Crippen LogP contribution >= 0.6 is 15.9 Å². The van der Waals surface area contributed by atoms with Crippen LogP contribution in [0.1, 0.15) is 35.3 Å². The topological polar surface area (TPSA) is 79.5 Å². The number of urea groups is 1. The molecule has 3 N–H and O–H groups in total. The molecule has 0 saturated carbocycles. The van der Waals surface area contributed by atoms with Gasteiger partial charge in [-0.15, -0.1) is 0 Å². The fraction of sp³-hybridized carbons (Fsp3) is 0.120. The lowest BCUT2D eigenvalue weighted by Gasteiger charge is -2.14. The Morgan fingerprint density at radius 1 is 0.912 bits per heavy atom. The molecule has 3 amide bonds. The van der Waals surface area contributed by atoms with Crippen LogP contribution in [0.15, 0.2) is 76.8 Å². The van der Waals surface area contributed by atoms with Gasteiger partial charge < -0.3 is 5.32 Å². The molecule has 0 bridgehead atoms. The minimum atomic E-state index is -1.18. The van der Waals surface area contributed by atoms with Crippen LogP contribution in [0.2, 0.25) is 0 Å². The van der Waals surface area contributed by atoms with E-state index in [9.17, 15) is 18.4 Å². The lowest BCUT2D eigenvalue weighted by atomic mass is 10.1. The van der Waals surface area contributed by atoms with Crippen molar-refractivity contribution in [3.63, 3.8) is 0 Å². The van der Waals surface area contributed by atoms with Gasteiger partial charge in [0.05, 0.1) is 12.3 Å². The largest absolute Gasteiger partial charge is 0.326 e. The number of nitrogens with one attached hydrogen (secondary N) is 3. The van der Waals surface area contributed by atoms with Crippen molar-refractivity contribution in [1.29, 1.82) is 0 Å². The number of allylic oxidation sites excluding steroid dienone is 1. The summed E-state index contributed by atoms with van der Waals surface area (Å²) in [4.78, 5) is 29.7. The zero-order chi connectivity index (χ0) is 24.7. The van der Waals surface area contributed by atoms with Crippen molar-refractivity contribution in [2.45, 2.75) is 20.5 Å². The first-order valence-corrected chi connectivity index (χ1v) is 11.0. The maximum atomic E-state index is 13.7. The zero-order valence-corrected chi connectivity index (χ0v) is 20.0. The van der Waals surface area contributed by atoms with Crippen LogP contribution in [0.5, 0.6) is 0 Å². The summed E-state index contributed by atoms with van der Waals surface area (Å²) in [5, 5.41) is 4.35. The first-order valence-electron chi connectivity index (χ1n) is 10.2. The Balaban J connectivity index is 1.52. The van der Waals surface area contributed by atoms with Gasteiger partial charge in [-0.05, 0) is 61.4 Å². The molecule has 3 rings (SSSR count). The lowest BCUT2D eigenvalue weighted by Crippen LogP contribution is -2.35. The summed E-state index contributed by atoms with van der Waals surface area (Å²) in [6.07, 6.45) is 0. The SMILES string of the molecule is CC(C)=C(NOCc1ccc(NC(=O)NC(=O)c2c(F)cccc2F)cc1)c1ccc(Br)cc1. The zero-order valence-electron chi connectivity index (χ0n) is 18.4. The minimum Gasteiger partial charge on any atom is -0.308 e. The minimum absolute atomic E-state index is 0.255. The lowest BCUT2D eigenvalue weighted by molar-refractivity contribution is 0.0642. The van der Waals surface area contributed by atoms with Gasteiger partial charge in [0.1, 0.15) is 17.2 Å². The highest BCUT2D eigenvalue weighted by atomic mass is 79.9. The van der Waals surface area contributed by atoms with E-state index in [1.54, 1.807) is 24.3 Å². The molecule has 0 atom stereocenters. The van der Waals surface area contributed by atoms with Crippen molar-refractivity contribution in [2.75, 3.05) is 5.32 Å². The molecule has 0 fully saturated rings. The Bertz CT molecular complexity index is 1190. The molecule has 6 nitrogen and oxygen atoms in total. The smallest absolute Gasteiger partial charge is 0.308 e. The van der Waals surface area contributed by atoms with Crippen molar-refractivity contribution in [3.05, 3.63) is 105 Å². The highest BCUT2D eigenvalue weighted by Gasteiger charge is 2.19. The Labute approximate surface area is 204 Å². The normalized spacial score (nSPS) is 10.4. The quantitative estimate of drug-likeness (QED) is 0.320. The highest BCUT2D eigenvalue weighted by Crippen LogP contribution is 2.19. The molecule has 0 saturated heterocycles. The molecule has 0 unspecified atom stereocenters. The van der Waals surface area contributed by atoms with Crippen LogP contribution < -0.4 is 16.1 Å². The van der Waals surface area contributed by atoms with Gasteiger partial charge in [-0.3, -0.25) is 20.4 Å². The molecule has 0 aliphatic heterocycles. The van der Waals surface area contributed by atoms with E-state index in [1.807, 2.05) is 43.4 Å². The van der Waals surface area contributed by atoms with Crippen LogP contribution in [-0.2, 0) is 11.4 Å². The summed E-state index contributed by atoms with van der Waals surface area (Å²) >= 11 is 3.42. The number of halogens is 3. The molecule has 176 valence electrons. The first kappa shape index (κ1) is 25.1. The standard InChI is InChI=1S/C25H22BrF2N3O3/c1-15(2)23(17-8-10-18(26)11-9-17)31-34-14-16-6-12-19(13-7-16)29-25(33)30-24(32)22-20(27)4-3-5-21(22)28/h3-13,31H,14H2,1-2H3,(H2,29,30,32,33). The van der Waals surface area contributed by atoms with Crippen molar-refractivity contribution in [2.24, 2.45) is 0 Å². The summed E-state index contributed by atoms with van der Waals surface area (Å²) in [6.45, 7) is 4.21. The van der Waals surface area contributed by atoms with Crippen molar-refractivity contribution in [1.82, 2.24) is 10.8 Å². The average molecular weight is 530 g/mol. The van der Waals surface area contributed by atoms with Gasteiger partial charge in [0, 0.05) is 10.2 Å². The Morgan fingerprint density at radius 2 is 1.53 bits per heavy atom. The molecule has 0 aromatic heterocycles. The second-order valence-electron chi connectivity index (χ2n) is 7.47. The van der Waals surface area contributed by atoms with E-state index in [0.29, 0.717) is 5.69 Å². The van der Waals surface area contributed by atoms with Crippen LogP contribution in [0.4, 0.5) is 19.3 Å². The second kappa shape index (κ2) is 11.5. The molecular weight excluding hydrogens is 508 g/mol. The maximum absolute atomic E-state index is 13.7. The molecule has 34 heavy (non-hydrogen) atoms. The van der Waals surface area contributed by atoms with Crippen LogP contribution in [0.25, 0.3) is 5.70 Å². The summed E-state index contributed by atoms with van der Waals surface area (Å²) in [7, 11) is 0.